The zero-order chi connectivity index (χ0) is 13.8. The highest BCUT2D eigenvalue weighted by atomic mass is 16.1. The molecule has 0 radical (unpaired) electrons. The maximum absolute atomic E-state index is 12.0. The molecule has 0 amide bonds. The number of nitrogens with zero attached hydrogens (tertiary/aromatic N) is 2. The van der Waals surface area contributed by atoms with Crippen LogP contribution >= 0.6 is 0 Å². The molecule has 0 aliphatic heterocycles. The maximum Gasteiger partial charge on any atom is 0.178 e. The van der Waals surface area contributed by atoms with Crippen LogP contribution in [-0.4, -0.2) is 5.78 Å². The predicted octanol–water partition coefficient (Wildman–Crippen LogP) is 3.08. The molecular weight excluding hydrogens is 224 g/mol. The van der Waals surface area contributed by atoms with Crippen molar-refractivity contribution in [2.24, 2.45) is 5.41 Å². The highest BCUT2D eigenvalue weighted by Crippen LogP contribution is 2.21. The molecule has 1 rings (SSSR count). The van der Waals surface area contributed by atoms with Gasteiger partial charge < -0.3 is 0 Å². The molecule has 1 aromatic carbocycles. The van der Waals surface area contributed by atoms with Crippen LogP contribution in [0.4, 0.5) is 0 Å². The van der Waals surface area contributed by atoms with E-state index in [1.165, 1.54) is 0 Å². The summed E-state index contributed by atoms with van der Waals surface area (Å²) in [7, 11) is 0. The third kappa shape index (κ3) is 3.30. The van der Waals surface area contributed by atoms with Crippen LogP contribution in [0.2, 0.25) is 0 Å². The smallest absolute Gasteiger partial charge is 0.178 e. The fraction of sp³-hybridized carbons (Fsp3) is 0.267. The summed E-state index contributed by atoms with van der Waals surface area (Å²) in [6, 6.07) is 10.7. The van der Waals surface area contributed by atoms with Crippen molar-refractivity contribution in [2.45, 2.75) is 20.8 Å². The second-order valence-corrected chi connectivity index (χ2v) is 4.98. The summed E-state index contributed by atoms with van der Waals surface area (Å²) in [5.74, 6) is -0.186. The third-order valence-corrected chi connectivity index (χ3v) is 2.40. The first-order valence-corrected chi connectivity index (χ1v) is 5.55. The standard InChI is InChI=1S/C15H14N2O/c1-15(2,3)14(18)13(10-17)8-11-4-6-12(9-16)7-5-11/h4-8H,1-3H3/b13-8-. The molecule has 0 fully saturated rings. The molecule has 0 unspecified atom stereocenters. The van der Waals surface area contributed by atoms with Gasteiger partial charge in [-0.25, -0.2) is 0 Å². The van der Waals surface area contributed by atoms with Gasteiger partial charge in [0.15, 0.2) is 5.78 Å². The van der Waals surface area contributed by atoms with E-state index in [4.69, 9.17) is 10.5 Å². The Balaban J connectivity index is 3.10. The number of nitriles is 2. The summed E-state index contributed by atoms with van der Waals surface area (Å²) < 4.78 is 0. The monoisotopic (exact) mass is 238 g/mol. The van der Waals surface area contributed by atoms with Gasteiger partial charge in [0.2, 0.25) is 0 Å². The first kappa shape index (κ1) is 13.7. The number of hydrogen-bond donors (Lipinski definition) is 0. The Hall–Kier alpha value is -2.39. The summed E-state index contributed by atoms with van der Waals surface area (Å²) >= 11 is 0. The van der Waals surface area contributed by atoms with Crippen LogP contribution in [0.25, 0.3) is 6.08 Å². The maximum atomic E-state index is 12.0. The van der Waals surface area contributed by atoms with Crippen molar-refractivity contribution in [3.63, 3.8) is 0 Å². The highest BCUT2D eigenvalue weighted by Gasteiger charge is 2.24. The molecule has 0 heterocycles. The van der Waals surface area contributed by atoms with Crippen molar-refractivity contribution in [1.82, 2.24) is 0 Å². The van der Waals surface area contributed by atoms with Crippen molar-refractivity contribution >= 4 is 11.9 Å². The van der Waals surface area contributed by atoms with Gasteiger partial charge in [-0.05, 0) is 23.8 Å². The van der Waals surface area contributed by atoms with Gasteiger partial charge >= 0.3 is 0 Å². The van der Waals surface area contributed by atoms with E-state index in [2.05, 4.69) is 0 Å². The molecule has 0 aromatic heterocycles. The normalized spacial score (nSPS) is 11.5. The number of carbonyl (C=O) groups excluding carboxylic acids is 1. The largest absolute Gasteiger partial charge is 0.293 e. The first-order chi connectivity index (χ1) is 8.38. The molecule has 3 heteroatoms. The Labute approximate surface area is 107 Å². The van der Waals surface area contributed by atoms with E-state index in [1.807, 2.05) is 12.1 Å². The minimum absolute atomic E-state index is 0.132. The fourth-order valence-electron chi connectivity index (χ4n) is 1.37. The topological polar surface area (TPSA) is 64.7 Å². The van der Waals surface area contributed by atoms with Crippen molar-refractivity contribution in [3.8, 4) is 12.1 Å². The van der Waals surface area contributed by atoms with Crippen LogP contribution < -0.4 is 0 Å². The first-order valence-electron chi connectivity index (χ1n) is 5.55. The molecule has 1 aromatic rings. The van der Waals surface area contributed by atoms with E-state index < -0.39 is 5.41 Å². The van der Waals surface area contributed by atoms with Gasteiger partial charge in [0, 0.05) is 5.41 Å². The molecule has 0 aliphatic carbocycles. The molecule has 18 heavy (non-hydrogen) atoms. The van der Waals surface area contributed by atoms with Crippen molar-refractivity contribution < 1.29 is 4.79 Å². The molecule has 0 aliphatic rings. The lowest BCUT2D eigenvalue weighted by Crippen LogP contribution is -2.21. The van der Waals surface area contributed by atoms with Gasteiger partial charge in [-0.3, -0.25) is 4.79 Å². The van der Waals surface area contributed by atoms with E-state index in [-0.39, 0.29) is 11.4 Å². The Morgan fingerprint density at radius 2 is 1.72 bits per heavy atom. The van der Waals surface area contributed by atoms with Gasteiger partial charge in [-0.2, -0.15) is 10.5 Å². The van der Waals surface area contributed by atoms with Crippen LogP contribution in [-0.2, 0) is 4.79 Å². The zero-order valence-corrected chi connectivity index (χ0v) is 10.7. The fourth-order valence-corrected chi connectivity index (χ4v) is 1.37. The lowest BCUT2D eigenvalue weighted by atomic mass is 9.86. The molecule has 0 saturated carbocycles. The van der Waals surface area contributed by atoms with Gasteiger partial charge in [-0.1, -0.05) is 32.9 Å². The SMILES string of the molecule is CC(C)(C)C(=O)/C(C#N)=C\c1ccc(C#N)cc1. The molecule has 3 nitrogen and oxygen atoms in total. The molecule has 90 valence electrons. The Kier molecular flexibility index (Phi) is 4.02. The number of allylic oxidation sites excluding steroid dienone is 1. The second-order valence-electron chi connectivity index (χ2n) is 4.98. The Morgan fingerprint density at radius 3 is 2.11 bits per heavy atom. The Morgan fingerprint density at radius 1 is 1.17 bits per heavy atom. The number of ketones is 1. The summed E-state index contributed by atoms with van der Waals surface area (Å²) in [6.45, 7) is 5.33. The Bertz CT molecular complexity index is 560. The van der Waals surface area contributed by atoms with E-state index in [1.54, 1.807) is 51.1 Å². The average Bonchev–Trinajstić information content (AvgIpc) is 2.34. The number of hydrogen-bond acceptors (Lipinski definition) is 3. The van der Waals surface area contributed by atoms with E-state index in [9.17, 15) is 4.79 Å². The lowest BCUT2D eigenvalue weighted by Gasteiger charge is -2.15. The van der Waals surface area contributed by atoms with E-state index in [0.29, 0.717) is 5.56 Å². The molecule has 0 spiro atoms. The van der Waals surface area contributed by atoms with E-state index >= 15 is 0 Å². The van der Waals surface area contributed by atoms with Gasteiger partial charge in [0.1, 0.15) is 6.07 Å². The quantitative estimate of drug-likeness (QED) is 0.587. The highest BCUT2D eigenvalue weighted by molar-refractivity contribution is 6.06. The molecular formula is C15H14N2O. The summed E-state index contributed by atoms with van der Waals surface area (Å²) in [6.07, 6.45) is 1.55. The van der Waals surface area contributed by atoms with Gasteiger partial charge in [-0.15, -0.1) is 0 Å². The van der Waals surface area contributed by atoms with Crippen LogP contribution in [0.3, 0.4) is 0 Å². The van der Waals surface area contributed by atoms with Gasteiger partial charge in [0.05, 0.1) is 17.2 Å². The third-order valence-electron chi connectivity index (χ3n) is 2.40. The molecule has 0 bridgehead atoms. The summed E-state index contributed by atoms with van der Waals surface area (Å²) in [5.41, 5.74) is 0.844. The number of rotatable bonds is 2. The molecule has 0 N–H and O–H groups in total. The second kappa shape index (κ2) is 5.29. The lowest BCUT2D eigenvalue weighted by molar-refractivity contribution is -0.121. The summed E-state index contributed by atoms with van der Waals surface area (Å²) in [4.78, 5) is 12.0. The van der Waals surface area contributed by atoms with Crippen LogP contribution in [0.5, 0.6) is 0 Å². The van der Waals surface area contributed by atoms with Crippen molar-refractivity contribution in [1.29, 1.82) is 10.5 Å². The molecule has 0 atom stereocenters. The van der Waals surface area contributed by atoms with Crippen molar-refractivity contribution in [3.05, 3.63) is 41.0 Å². The average molecular weight is 238 g/mol. The minimum atomic E-state index is -0.575. The minimum Gasteiger partial charge on any atom is -0.293 e. The number of carbonyl (C=O) groups is 1. The predicted molar refractivity (Wildman–Crippen MR) is 69.2 cm³/mol. The van der Waals surface area contributed by atoms with Crippen LogP contribution in [0, 0.1) is 28.1 Å². The van der Waals surface area contributed by atoms with Crippen LogP contribution in [0.15, 0.2) is 29.8 Å². The molecule has 0 saturated heterocycles. The summed E-state index contributed by atoms with van der Waals surface area (Å²) in [5, 5.41) is 17.7. The number of Topliss-reactive ketones (excluding diaryl/α,β-unsaturated/α-hetero) is 1. The number of benzene rings is 1. The zero-order valence-electron chi connectivity index (χ0n) is 10.7. The van der Waals surface area contributed by atoms with Gasteiger partial charge in [0.25, 0.3) is 0 Å². The van der Waals surface area contributed by atoms with Crippen molar-refractivity contribution in [2.75, 3.05) is 0 Å². The van der Waals surface area contributed by atoms with E-state index in [0.717, 1.165) is 5.56 Å². The van der Waals surface area contributed by atoms with Crippen LogP contribution in [0.1, 0.15) is 31.9 Å².